The summed E-state index contributed by atoms with van der Waals surface area (Å²) in [6.45, 7) is 4.96. The summed E-state index contributed by atoms with van der Waals surface area (Å²) >= 11 is 5.55. The van der Waals surface area contributed by atoms with Crippen molar-refractivity contribution in [2.24, 2.45) is 0 Å². The molecule has 1 aliphatic heterocycles. The van der Waals surface area contributed by atoms with E-state index in [9.17, 15) is 8.42 Å². The van der Waals surface area contributed by atoms with Crippen LogP contribution < -0.4 is 5.32 Å². The van der Waals surface area contributed by atoms with Gasteiger partial charge >= 0.3 is 0 Å². The van der Waals surface area contributed by atoms with Gasteiger partial charge in [0.1, 0.15) is 0 Å². The molecular formula is C16H24N2O2S2. The molecule has 4 nitrogen and oxygen atoms in total. The molecule has 0 radical (unpaired) electrons. The Morgan fingerprint density at radius 2 is 2.23 bits per heavy atom. The van der Waals surface area contributed by atoms with Gasteiger partial charge in [-0.25, -0.2) is 8.42 Å². The Balaban J connectivity index is 2.09. The van der Waals surface area contributed by atoms with Crippen LogP contribution >= 0.6 is 12.2 Å². The van der Waals surface area contributed by atoms with Crippen LogP contribution in [0.4, 0.5) is 5.69 Å². The van der Waals surface area contributed by atoms with E-state index in [1.54, 1.807) is 0 Å². The molecule has 1 saturated heterocycles. The number of unbranched alkanes of at least 4 members (excludes halogenated alkanes) is 1. The molecule has 122 valence electrons. The zero-order valence-corrected chi connectivity index (χ0v) is 14.8. The molecule has 1 heterocycles. The summed E-state index contributed by atoms with van der Waals surface area (Å²) in [6, 6.07) is 8.03. The number of hydrogen-bond acceptors (Lipinski definition) is 3. The monoisotopic (exact) mass is 340 g/mol. The maximum Gasteiger partial charge on any atom is 0.173 e. The number of aryl methyl sites for hydroxylation is 1. The van der Waals surface area contributed by atoms with Crippen molar-refractivity contribution in [3.05, 3.63) is 29.8 Å². The van der Waals surface area contributed by atoms with Gasteiger partial charge in [0.25, 0.3) is 0 Å². The van der Waals surface area contributed by atoms with Crippen LogP contribution in [0.2, 0.25) is 0 Å². The summed E-state index contributed by atoms with van der Waals surface area (Å²) in [7, 11) is -2.91. The van der Waals surface area contributed by atoms with Crippen LogP contribution in [0, 0.1) is 6.92 Å². The number of nitrogens with zero attached hydrogens (tertiary/aromatic N) is 1. The summed E-state index contributed by atoms with van der Waals surface area (Å²) in [6.07, 6.45) is 2.73. The van der Waals surface area contributed by atoms with E-state index >= 15 is 0 Å². The molecule has 0 aromatic heterocycles. The van der Waals surface area contributed by atoms with Gasteiger partial charge in [-0.2, -0.15) is 0 Å². The summed E-state index contributed by atoms with van der Waals surface area (Å²) in [5.41, 5.74) is 2.11. The molecule has 22 heavy (non-hydrogen) atoms. The topological polar surface area (TPSA) is 49.4 Å². The van der Waals surface area contributed by atoms with Gasteiger partial charge in [-0.05, 0) is 49.7 Å². The molecule has 0 unspecified atom stereocenters. The Kier molecular flexibility index (Phi) is 5.81. The van der Waals surface area contributed by atoms with E-state index in [2.05, 4.69) is 17.1 Å². The number of sulfone groups is 1. The van der Waals surface area contributed by atoms with E-state index in [1.807, 2.05) is 31.2 Å². The van der Waals surface area contributed by atoms with Crippen molar-refractivity contribution < 1.29 is 8.42 Å². The van der Waals surface area contributed by atoms with Crippen molar-refractivity contribution >= 4 is 32.9 Å². The van der Waals surface area contributed by atoms with Crippen LogP contribution in [0.3, 0.4) is 0 Å². The molecule has 0 aliphatic carbocycles. The van der Waals surface area contributed by atoms with Crippen molar-refractivity contribution in [2.75, 3.05) is 23.4 Å². The first kappa shape index (κ1) is 17.2. The number of nitrogens with one attached hydrogen (secondary N) is 1. The fourth-order valence-electron chi connectivity index (χ4n) is 2.72. The standard InChI is InChI=1S/C16H24N2O2S2/c1-3-4-9-18(15-8-10-22(19,20)12-15)16(21)17-14-7-5-6-13(2)11-14/h5-7,11,15H,3-4,8-10,12H2,1-2H3,(H,17,21)/t15-/m1/s1. The molecule has 0 amide bonds. The molecule has 0 spiro atoms. The quantitative estimate of drug-likeness (QED) is 0.835. The van der Waals surface area contributed by atoms with Gasteiger partial charge in [0, 0.05) is 18.3 Å². The van der Waals surface area contributed by atoms with Crippen molar-refractivity contribution in [1.29, 1.82) is 0 Å². The van der Waals surface area contributed by atoms with Gasteiger partial charge in [-0.15, -0.1) is 0 Å². The highest BCUT2D eigenvalue weighted by Crippen LogP contribution is 2.20. The third-order valence-electron chi connectivity index (χ3n) is 3.93. The number of benzene rings is 1. The molecule has 2 rings (SSSR count). The van der Waals surface area contributed by atoms with Crippen molar-refractivity contribution in [3.8, 4) is 0 Å². The molecule has 1 atom stereocenters. The van der Waals surface area contributed by atoms with Gasteiger partial charge in [0.05, 0.1) is 11.5 Å². The van der Waals surface area contributed by atoms with E-state index in [-0.39, 0.29) is 17.5 Å². The van der Waals surface area contributed by atoms with E-state index in [1.165, 1.54) is 0 Å². The van der Waals surface area contributed by atoms with Crippen LogP contribution in [0.25, 0.3) is 0 Å². The Bertz CT molecular complexity index is 629. The second-order valence-electron chi connectivity index (χ2n) is 5.90. The van der Waals surface area contributed by atoms with Crippen molar-refractivity contribution in [1.82, 2.24) is 4.90 Å². The van der Waals surface area contributed by atoms with E-state index in [0.717, 1.165) is 30.6 Å². The fraction of sp³-hybridized carbons (Fsp3) is 0.562. The first-order chi connectivity index (χ1) is 10.4. The smallest absolute Gasteiger partial charge is 0.173 e. The molecule has 1 aliphatic rings. The Hall–Kier alpha value is -1.14. The molecule has 1 fully saturated rings. The average Bonchev–Trinajstić information content (AvgIpc) is 2.79. The summed E-state index contributed by atoms with van der Waals surface area (Å²) in [4.78, 5) is 2.06. The van der Waals surface area contributed by atoms with Crippen molar-refractivity contribution in [3.63, 3.8) is 0 Å². The fourth-order valence-corrected chi connectivity index (χ4v) is 4.81. The highest BCUT2D eigenvalue weighted by Gasteiger charge is 2.33. The van der Waals surface area contributed by atoms with Gasteiger partial charge in [0.2, 0.25) is 0 Å². The maximum absolute atomic E-state index is 11.8. The first-order valence-corrected chi connectivity index (χ1v) is 9.99. The lowest BCUT2D eigenvalue weighted by Gasteiger charge is -2.31. The summed E-state index contributed by atoms with van der Waals surface area (Å²) in [5, 5.41) is 3.88. The lowest BCUT2D eigenvalue weighted by molar-refractivity contribution is 0.333. The molecule has 6 heteroatoms. The predicted molar refractivity (Wildman–Crippen MR) is 96.1 cm³/mol. The number of anilines is 1. The minimum Gasteiger partial charge on any atom is -0.345 e. The average molecular weight is 341 g/mol. The van der Waals surface area contributed by atoms with E-state index in [0.29, 0.717) is 11.5 Å². The van der Waals surface area contributed by atoms with Gasteiger partial charge < -0.3 is 10.2 Å². The molecular weight excluding hydrogens is 316 g/mol. The van der Waals surface area contributed by atoms with Crippen LogP contribution in [0.1, 0.15) is 31.7 Å². The maximum atomic E-state index is 11.8. The van der Waals surface area contributed by atoms with Crippen molar-refractivity contribution in [2.45, 2.75) is 39.2 Å². The largest absolute Gasteiger partial charge is 0.345 e. The number of hydrogen-bond donors (Lipinski definition) is 1. The Labute approximate surface area is 138 Å². The second kappa shape index (κ2) is 7.42. The van der Waals surface area contributed by atoms with E-state index in [4.69, 9.17) is 12.2 Å². The number of thiocarbonyl (C=S) groups is 1. The normalized spacial score (nSPS) is 19.8. The third-order valence-corrected chi connectivity index (χ3v) is 6.02. The summed E-state index contributed by atoms with van der Waals surface area (Å²) in [5.74, 6) is 0.486. The molecule has 0 bridgehead atoms. The zero-order chi connectivity index (χ0) is 16.2. The van der Waals surface area contributed by atoms with Crippen LogP contribution in [0.5, 0.6) is 0 Å². The van der Waals surface area contributed by atoms with Crippen LogP contribution in [0.15, 0.2) is 24.3 Å². The van der Waals surface area contributed by atoms with Crippen LogP contribution in [-0.2, 0) is 9.84 Å². The Morgan fingerprint density at radius 3 is 2.82 bits per heavy atom. The molecule has 0 saturated carbocycles. The minimum atomic E-state index is -2.91. The minimum absolute atomic E-state index is 0.00126. The van der Waals surface area contributed by atoms with Crippen LogP contribution in [-0.4, -0.2) is 42.5 Å². The zero-order valence-electron chi connectivity index (χ0n) is 13.2. The third kappa shape index (κ3) is 4.68. The highest BCUT2D eigenvalue weighted by atomic mass is 32.2. The lowest BCUT2D eigenvalue weighted by Crippen LogP contribution is -2.44. The van der Waals surface area contributed by atoms with Gasteiger partial charge in [-0.3, -0.25) is 0 Å². The number of rotatable bonds is 5. The molecule has 1 aromatic carbocycles. The van der Waals surface area contributed by atoms with Gasteiger partial charge in [-0.1, -0.05) is 25.5 Å². The first-order valence-electron chi connectivity index (χ1n) is 7.76. The SMILES string of the molecule is CCCCN(C(=S)Nc1cccc(C)c1)[C@@H]1CCS(=O)(=O)C1. The molecule has 1 aromatic rings. The van der Waals surface area contributed by atoms with E-state index < -0.39 is 9.84 Å². The molecule has 1 N–H and O–H groups in total. The lowest BCUT2D eigenvalue weighted by atomic mass is 10.2. The second-order valence-corrected chi connectivity index (χ2v) is 8.52. The highest BCUT2D eigenvalue weighted by molar-refractivity contribution is 7.91. The van der Waals surface area contributed by atoms with Gasteiger partial charge in [0.15, 0.2) is 14.9 Å². The summed E-state index contributed by atoms with van der Waals surface area (Å²) < 4.78 is 23.5. The Morgan fingerprint density at radius 1 is 1.45 bits per heavy atom. The predicted octanol–water partition coefficient (Wildman–Crippen LogP) is 2.98.